The second kappa shape index (κ2) is 4.57. The van der Waals surface area contributed by atoms with Gasteiger partial charge in [-0.1, -0.05) is 13.8 Å². The quantitative estimate of drug-likeness (QED) is 0.686. The maximum Gasteiger partial charge on any atom is 0.133 e. The molecule has 0 bridgehead atoms. The lowest BCUT2D eigenvalue weighted by atomic mass is 9.48. The predicted molar refractivity (Wildman–Crippen MR) is 82.7 cm³/mol. The van der Waals surface area contributed by atoms with Gasteiger partial charge in [-0.25, -0.2) is 0 Å². The first-order chi connectivity index (χ1) is 9.95. The first-order valence-corrected chi connectivity index (χ1v) is 9.15. The van der Waals surface area contributed by atoms with Crippen molar-refractivity contribution in [3.8, 4) is 0 Å². The highest BCUT2D eigenvalue weighted by atomic mass is 16.3. The molecule has 0 heterocycles. The number of carbonyl (C=O) groups excluding carboxylic acids is 1. The van der Waals surface area contributed by atoms with Crippen LogP contribution >= 0.6 is 0 Å². The minimum absolute atomic E-state index is 0.0677. The van der Waals surface area contributed by atoms with E-state index in [-0.39, 0.29) is 11.5 Å². The normalized spacial score (nSPS) is 56.5. The van der Waals surface area contributed by atoms with Crippen LogP contribution in [0.15, 0.2) is 0 Å². The number of hydrogen-bond acceptors (Lipinski definition) is 2. The zero-order valence-corrected chi connectivity index (χ0v) is 13.6. The van der Waals surface area contributed by atoms with Crippen LogP contribution in [0.1, 0.15) is 71.6 Å². The van der Waals surface area contributed by atoms with Crippen molar-refractivity contribution in [2.24, 2.45) is 34.5 Å². The highest BCUT2D eigenvalue weighted by Gasteiger charge is 2.59. The van der Waals surface area contributed by atoms with E-state index in [1.54, 1.807) is 0 Å². The SMILES string of the molecule is C[C@]12CC[C@H]3[C@@H](CCC4[13CH2][13C](=O)[13CH2]C[C@@]43C)[C@@H]1CC[C@@H]2O. The Labute approximate surface area is 128 Å². The third-order valence-electron chi connectivity index (χ3n) is 8.43. The maximum absolute atomic E-state index is 11.9. The van der Waals surface area contributed by atoms with Crippen LogP contribution in [-0.2, 0) is 4.79 Å². The van der Waals surface area contributed by atoms with Crippen molar-refractivity contribution in [1.29, 1.82) is 0 Å². The molecule has 0 aromatic carbocycles. The monoisotopic (exact) mass is 293 g/mol. The Morgan fingerprint density at radius 3 is 2.52 bits per heavy atom. The first kappa shape index (κ1) is 14.2. The zero-order chi connectivity index (χ0) is 14.8. The van der Waals surface area contributed by atoms with Crippen LogP contribution in [0.5, 0.6) is 0 Å². The molecule has 4 fully saturated rings. The van der Waals surface area contributed by atoms with E-state index >= 15 is 0 Å². The van der Waals surface area contributed by atoms with Crippen LogP contribution in [0, 0.1) is 34.5 Å². The average Bonchev–Trinajstić information content (AvgIpc) is 2.76. The van der Waals surface area contributed by atoms with Gasteiger partial charge in [0.25, 0.3) is 0 Å². The van der Waals surface area contributed by atoms with Gasteiger partial charge in [0.05, 0.1) is 6.10 Å². The van der Waals surface area contributed by atoms with Gasteiger partial charge in [0, 0.05) is 12.8 Å². The molecule has 0 aromatic rings. The molecule has 0 aromatic heterocycles. The van der Waals surface area contributed by atoms with E-state index in [4.69, 9.17) is 0 Å². The second-order valence-corrected chi connectivity index (χ2v) is 9.04. The Morgan fingerprint density at radius 1 is 0.952 bits per heavy atom. The van der Waals surface area contributed by atoms with Crippen LogP contribution in [0.2, 0.25) is 0 Å². The fraction of sp³-hybridized carbons (Fsp3) is 0.947. The summed E-state index contributed by atoms with van der Waals surface area (Å²) in [7, 11) is 0. The first-order valence-electron chi connectivity index (χ1n) is 9.15. The van der Waals surface area contributed by atoms with E-state index in [0.717, 1.165) is 43.4 Å². The van der Waals surface area contributed by atoms with Gasteiger partial charge in [0.15, 0.2) is 0 Å². The molecule has 1 unspecified atom stereocenters. The average molecular weight is 293 g/mol. The van der Waals surface area contributed by atoms with Gasteiger partial charge < -0.3 is 5.11 Å². The number of ketones is 1. The molecule has 4 aliphatic carbocycles. The molecule has 0 radical (unpaired) electrons. The summed E-state index contributed by atoms with van der Waals surface area (Å²) in [5, 5.41) is 10.5. The highest BCUT2D eigenvalue weighted by Crippen LogP contribution is 2.65. The Morgan fingerprint density at radius 2 is 1.71 bits per heavy atom. The molecule has 0 amide bonds. The molecule has 4 aliphatic rings. The van der Waals surface area contributed by atoms with Crippen molar-refractivity contribution in [2.45, 2.75) is 77.7 Å². The van der Waals surface area contributed by atoms with Crippen molar-refractivity contribution < 1.29 is 9.90 Å². The Hall–Kier alpha value is -0.370. The summed E-state index contributed by atoms with van der Waals surface area (Å²) < 4.78 is 0. The van der Waals surface area contributed by atoms with Gasteiger partial charge in [-0.15, -0.1) is 0 Å². The molecule has 21 heavy (non-hydrogen) atoms. The Bertz CT molecular complexity index is 458. The molecule has 2 nitrogen and oxygen atoms in total. The Kier molecular flexibility index (Phi) is 3.10. The van der Waals surface area contributed by atoms with Crippen molar-refractivity contribution in [3.05, 3.63) is 0 Å². The summed E-state index contributed by atoms with van der Waals surface area (Å²) in [5.74, 6) is 3.52. The van der Waals surface area contributed by atoms with Crippen LogP contribution in [0.3, 0.4) is 0 Å². The van der Waals surface area contributed by atoms with Crippen LogP contribution in [0.25, 0.3) is 0 Å². The molecular weight excluding hydrogens is 263 g/mol. The van der Waals surface area contributed by atoms with Crippen LogP contribution in [-0.4, -0.2) is 17.0 Å². The molecule has 0 saturated heterocycles. The summed E-state index contributed by atoms with van der Waals surface area (Å²) in [6, 6.07) is 0. The smallest absolute Gasteiger partial charge is 0.133 e. The van der Waals surface area contributed by atoms with Crippen LogP contribution in [0.4, 0.5) is 0 Å². The maximum atomic E-state index is 11.9. The fourth-order valence-corrected chi connectivity index (χ4v) is 7.02. The van der Waals surface area contributed by atoms with E-state index in [0.29, 0.717) is 17.1 Å². The lowest BCUT2D eigenvalue weighted by Gasteiger charge is -2.60. The molecular formula is C19H30O2. The molecule has 0 spiro atoms. The zero-order valence-electron chi connectivity index (χ0n) is 13.6. The van der Waals surface area contributed by atoms with E-state index < -0.39 is 0 Å². The largest absolute Gasteiger partial charge is 0.393 e. The third kappa shape index (κ3) is 1.84. The van der Waals surface area contributed by atoms with Crippen LogP contribution < -0.4 is 0 Å². The Balaban J connectivity index is 1.64. The number of fused-ring (bicyclic) bond motifs is 5. The number of aliphatic hydroxyl groups excluding tert-OH is 1. The molecule has 7 atom stereocenters. The van der Waals surface area contributed by atoms with E-state index in [1.165, 1.54) is 32.1 Å². The predicted octanol–water partition coefficient (Wildman–Crippen LogP) is 3.96. The second-order valence-electron chi connectivity index (χ2n) is 9.04. The molecule has 0 aliphatic heterocycles. The highest BCUT2D eigenvalue weighted by molar-refractivity contribution is 5.79. The molecule has 2 heteroatoms. The molecule has 4 rings (SSSR count). The summed E-state index contributed by atoms with van der Waals surface area (Å²) in [6.07, 6.45) is 10.0. The topological polar surface area (TPSA) is 37.3 Å². The van der Waals surface area contributed by atoms with Crippen molar-refractivity contribution in [3.63, 3.8) is 0 Å². The van der Waals surface area contributed by atoms with Gasteiger partial charge in [0.2, 0.25) is 0 Å². The summed E-state index contributed by atoms with van der Waals surface area (Å²) in [4.78, 5) is 11.9. The van der Waals surface area contributed by atoms with Gasteiger partial charge in [0.1, 0.15) is 5.78 Å². The van der Waals surface area contributed by atoms with Crippen molar-refractivity contribution in [1.82, 2.24) is 0 Å². The van der Waals surface area contributed by atoms with E-state index in [9.17, 15) is 9.90 Å². The number of aliphatic hydroxyl groups is 1. The molecule has 118 valence electrons. The summed E-state index contributed by atoms with van der Waals surface area (Å²) in [5.41, 5.74) is 0.598. The molecule has 4 saturated carbocycles. The number of Topliss-reactive ketones (excluding diaryl/α,β-unsaturated/α-hetero) is 1. The van der Waals surface area contributed by atoms with E-state index in [2.05, 4.69) is 13.8 Å². The summed E-state index contributed by atoms with van der Waals surface area (Å²) >= 11 is 0. The van der Waals surface area contributed by atoms with Gasteiger partial charge in [-0.3, -0.25) is 4.79 Å². The van der Waals surface area contributed by atoms with Gasteiger partial charge in [-0.05, 0) is 79.4 Å². The minimum Gasteiger partial charge on any atom is -0.393 e. The van der Waals surface area contributed by atoms with Gasteiger partial charge >= 0.3 is 0 Å². The minimum atomic E-state index is -0.0677. The number of carbonyl (C=O) groups is 1. The molecule has 1 N–H and O–H groups in total. The fourth-order valence-electron chi connectivity index (χ4n) is 7.02. The van der Waals surface area contributed by atoms with Gasteiger partial charge in [-0.2, -0.15) is 0 Å². The number of hydrogen-bond donors (Lipinski definition) is 1. The summed E-state index contributed by atoms with van der Waals surface area (Å²) in [6.45, 7) is 4.85. The van der Waals surface area contributed by atoms with Crippen molar-refractivity contribution in [2.75, 3.05) is 0 Å². The lowest BCUT2D eigenvalue weighted by molar-refractivity contribution is -0.141. The van der Waals surface area contributed by atoms with Crippen molar-refractivity contribution >= 4 is 5.78 Å². The lowest BCUT2D eigenvalue weighted by Crippen LogP contribution is -2.54. The van der Waals surface area contributed by atoms with E-state index in [1.807, 2.05) is 0 Å². The standard InChI is InChI=1S/C19H30O2/c1-18-9-7-13(20)11-12(18)3-4-14-15-5-6-17(21)19(15,2)10-8-16(14)18/h12,14-17,21H,3-11H2,1-2H3/t12?,14-,15-,16-,17-,18-,19-/m0/s1/i7+1,11+1,13+1. The third-order valence-corrected chi connectivity index (χ3v) is 8.43. The number of rotatable bonds is 0.